The van der Waals surface area contributed by atoms with Crippen LogP contribution in [0, 0.1) is 24.2 Å². The third-order valence-corrected chi connectivity index (χ3v) is 34.5. The fourth-order valence-corrected chi connectivity index (χ4v) is 12.7. The fourth-order valence-electron chi connectivity index (χ4n) is 6.77. The van der Waals surface area contributed by atoms with Gasteiger partial charge < -0.3 is 17.7 Å². The lowest BCUT2D eigenvalue weighted by atomic mass is 9.73. The van der Waals surface area contributed by atoms with Crippen molar-refractivity contribution in [2.75, 3.05) is 6.61 Å². The summed E-state index contributed by atoms with van der Waals surface area (Å²) >= 11 is 1.69. The third-order valence-electron chi connectivity index (χ3n) is 15.7. The van der Waals surface area contributed by atoms with Crippen molar-refractivity contribution in [1.29, 1.82) is 0 Å². The van der Waals surface area contributed by atoms with Crippen LogP contribution in [0.3, 0.4) is 0 Å². The van der Waals surface area contributed by atoms with E-state index in [0.717, 1.165) is 36.4 Å². The molecule has 0 spiro atoms. The van der Waals surface area contributed by atoms with Crippen LogP contribution in [-0.2, 0) is 22.5 Å². The lowest BCUT2D eigenvalue weighted by Gasteiger charge is -2.47. The van der Waals surface area contributed by atoms with E-state index in [1.807, 2.05) is 0 Å². The van der Waals surface area contributed by atoms with E-state index in [4.69, 9.17) is 22.7 Å². The molecular formula is C51H101NO5SSi4. The molecular weight excluding hydrogens is 851 g/mol. The summed E-state index contributed by atoms with van der Waals surface area (Å²) in [5.74, 6) is 0.154. The molecule has 1 rings (SSSR count). The molecule has 0 N–H and O–H groups in total. The number of carbonyl (C=O) groups is 1. The zero-order valence-electron chi connectivity index (χ0n) is 45.8. The molecule has 6 nitrogen and oxygen atoms in total. The number of aromatic nitrogens is 1. The summed E-state index contributed by atoms with van der Waals surface area (Å²) in [7, 11) is -8.46. The van der Waals surface area contributed by atoms with Crippen LogP contribution in [0.25, 0.3) is 6.08 Å². The first-order valence-electron chi connectivity index (χ1n) is 24.0. The van der Waals surface area contributed by atoms with E-state index in [-0.39, 0.29) is 56.1 Å². The highest BCUT2D eigenvalue weighted by atomic mass is 32.1. The summed E-state index contributed by atoms with van der Waals surface area (Å²) < 4.78 is 28.4. The van der Waals surface area contributed by atoms with E-state index >= 15 is 4.79 Å². The lowest BCUT2D eigenvalue weighted by molar-refractivity contribution is -0.141. The number of nitrogens with zero attached hydrogens (tertiary/aromatic N) is 1. The van der Waals surface area contributed by atoms with E-state index in [2.05, 4.69) is 201 Å². The van der Waals surface area contributed by atoms with Gasteiger partial charge in [-0.15, -0.1) is 11.3 Å². The molecule has 0 aromatic carbocycles. The van der Waals surface area contributed by atoms with Crippen LogP contribution < -0.4 is 0 Å². The summed E-state index contributed by atoms with van der Waals surface area (Å²) in [6, 6.07) is 0. The van der Waals surface area contributed by atoms with Crippen LogP contribution >= 0.6 is 11.3 Å². The zero-order valence-corrected chi connectivity index (χ0v) is 50.6. The summed E-state index contributed by atoms with van der Waals surface area (Å²) in [6.07, 6.45) is 8.74. The molecule has 0 radical (unpaired) electrons. The molecule has 362 valence electrons. The maximum atomic E-state index is 15.2. The Morgan fingerprint density at radius 3 is 1.63 bits per heavy atom. The maximum Gasteiger partial charge on any atom is 0.192 e. The molecule has 0 saturated carbocycles. The number of rotatable bonds is 23. The van der Waals surface area contributed by atoms with Gasteiger partial charge in [-0.3, -0.25) is 4.79 Å². The Morgan fingerprint density at radius 1 is 0.710 bits per heavy atom. The van der Waals surface area contributed by atoms with Crippen molar-refractivity contribution in [3.05, 3.63) is 33.3 Å². The number of hydrogen-bond acceptors (Lipinski definition) is 7. The second kappa shape index (κ2) is 22.1. The van der Waals surface area contributed by atoms with Gasteiger partial charge in [-0.25, -0.2) is 4.98 Å². The molecule has 0 amide bonds. The standard InChI is InChI=1S/C51H101NO5SSi4/c1-37(31-32-43(55-60(22,23)48(9,10)11)39(3)35-42-36-58-41(5)52-42)29-28-30-38(2)45(57-62(26,27)50(15,16)17)40(4)46(53)51(18,19)44(56-61(24,25)49(12,13)14)33-34-54-59(20,21)47(6,7)8/h31,35-36,38,40,43-45H,28-30,32-34H2,1-27H3. The van der Waals surface area contributed by atoms with Gasteiger partial charge in [-0.2, -0.15) is 0 Å². The predicted octanol–water partition coefficient (Wildman–Crippen LogP) is 16.8. The van der Waals surface area contributed by atoms with E-state index in [1.54, 1.807) is 11.3 Å². The van der Waals surface area contributed by atoms with Crippen LogP contribution in [0.4, 0.5) is 0 Å². The molecule has 0 bridgehead atoms. The van der Waals surface area contributed by atoms with Crippen LogP contribution in [0.1, 0.15) is 167 Å². The number of aryl methyl sites for hydroxylation is 1. The highest BCUT2D eigenvalue weighted by molar-refractivity contribution is 7.09. The Kier molecular flexibility index (Phi) is 21.2. The number of thiazole rings is 1. The second-order valence-corrected chi connectivity index (χ2v) is 45.8. The molecule has 11 heteroatoms. The van der Waals surface area contributed by atoms with Crippen molar-refractivity contribution in [3.8, 4) is 0 Å². The largest absolute Gasteiger partial charge is 0.417 e. The van der Waals surface area contributed by atoms with Crippen LogP contribution in [0.15, 0.2) is 22.6 Å². The molecule has 1 aromatic heterocycles. The first-order valence-corrected chi connectivity index (χ1v) is 36.5. The minimum absolute atomic E-state index is 0.00687. The SMILES string of the molecule is CC(=CCC(O[Si](C)(C)C(C)(C)C)C(C)=Cc1csc(C)n1)CCCC(C)C(O[Si](C)(C)C(C)(C)C)C(C)C(=O)C(C)(C)C(CCO[Si](C)(C)C(C)(C)C)O[Si](C)(C)C(C)(C)C. The molecule has 0 aliphatic carbocycles. The topological polar surface area (TPSA) is 66.9 Å². The molecule has 62 heavy (non-hydrogen) atoms. The van der Waals surface area contributed by atoms with Crippen molar-refractivity contribution in [2.45, 2.75) is 254 Å². The van der Waals surface area contributed by atoms with Crippen molar-refractivity contribution < 1.29 is 22.5 Å². The Bertz CT molecular complexity index is 1630. The fraction of sp³-hybridized carbons (Fsp3) is 0.843. The maximum absolute atomic E-state index is 15.2. The van der Waals surface area contributed by atoms with Crippen molar-refractivity contribution in [2.24, 2.45) is 17.3 Å². The van der Waals surface area contributed by atoms with Crippen molar-refractivity contribution in [3.63, 3.8) is 0 Å². The van der Waals surface area contributed by atoms with Gasteiger partial charge in [0.05, 0.1) is 29.0 Å². The van der Waals surface area contributed by atoms with E-state index in [1.165, 1.54) is 11.1 Å². The number of ketones is 1. The molecule has 0 saturated heterocycles. The van der Waals surface area contributed by atoms with Gasteiger partial charge in [0.1, 0.15) is 5.78 Å². The van der Waals surface area contributed by atoms with E-state index in [0.29, 0.717) is 13.0 Å². The summed E-state index contributed by atoms with van der Waals surface area (Å²) in [4.78, 5) is 19.9. The predicted molar refractivity (Wildman–Crippen MR) is 284 cm³/mol. The zero-order chi connectivity index (χ0) is 48.9. The molecule has 0 aliphatic heterocycles. The first kappa shape index (κ1) is 59.5. The van der Waals surface area contributed by atoms with Crippen LogP contribution in [-0.4, -0.2) is 69.0 Å². The van der Waals surface area contributed by atoms with Gasteiger partial charge in [0.25, 0.3) is 0 Å². The van der Waals surface area contributed by atoms with Gasteiger partial charge in [0, 0.05) is 23.3 Å². The Balaban J connectivity index is 3.47. The van der Waals surface area contributed by atoms with Gasteiger partial charge in [-0.1, -0.05) is 122 Å². The summed E-state index contributed by atoms with van der Waals surface area (Å²) in [6.45, 7) is 62.0. The lowest BCUT2D eigenvalue weighted by Crippen LogP contribution is -2.54. The molecule has 1 heterocycles. The Hall–Kier alpha value is -0.512. The number of carbonyl (C=O) groups excluding carboxylic acids is 1. The van der Waals surface area contributed by atoms with Gasteiger partial charge in [0.2, 0.25) is 0 Å². The molecule has 0 aliphatic rings. The van der Waals surface area contributed by atoms with Crippen LogP contribution in [0.5, 0.6) is 0 Å². The normalized spacial score (nSPS) is 17.5. The Labute approximate surface area is 393 Å². The second-order valence-electron chi connectivity index (χ2n) is 25.7. The highest BCUT2D eigenvalue weighted by Gasteiger charge is 2.50. The van der Waals surface area contributed by atoms with Crippen LogP contribution in [0.2, 0.25) is 72.5 Å². The summed E-state index contributed by atoms with van der Waals surface area (Å²) in [5, 5.41) is 3.48. The van der Waals surface area contributed by atoms with E-state index in [9.17, 15) is 0 Å². The van der Waals surface area contributed by atoms with Crippen molar-refractivity contribution >= 4 is 56.5 Å². The van der Waals surface area contributed by atoms with Gasteiger partial charge >= 0.3 is 0 Å². The smallest absolute Gasteiger partial charge is 0.192 e. The third kappa shape index (κ3) is 17.0. The number of allylic oxidation sites excluding steroid dienone is 1. The molecule has 1 aromatic rings. The highest BCUT2D eigenvalue weighted by Crippen LogP contribution is 2.45. The quantitative estimate of drug-likeness (QED) is 0.0804. The molecule has 5 unspecified atom stereocenters. The monoisotopic (exact) mass is 952 g/mol. The number of hydrogen-bond donors (Lipinski definition) is 0. The van der Waals surface area contributed by atoms with Gasteiger partial charge in [0.15, 0.2) is 33.3 Å². The van der Waals surface area contributed by atoms with E-state index < -0.39 is 38.7 Å². The average molecular weight is 953 g/mol. The Morgan fingerprint density at radius 2 is 1.18 bits per heavy atom. The minimum Gasteiger partial charge on any atom is -0.417 e. The number of Topliss-reactive ketones (excluding diaryl/α,β-unsaturated/α-hetero) is 1. The minimum atomic E-state index is -2.23. The van der Waals surface area contributed by atoms with Crippen molar-refractivity contribution in [1.82, 2.24) is 4.98 Å². The van der Waals surface area contributed by atoms with Gasteiger partial charge in [-0.05, 0) is 143 Å². The first-order chi connectivity index (χ1) is 27.5. The molecule has 0 fully saturated rings. The summed E-state index contributed by atoms with van der Waals surface area (Å²) in [5.41, 5.74) is 2.90. The molecule has 5 atom stereocenters. The average Bonchev–Trinajstić information content (AvgIpc) is 3.49.